The molecule has 1 nitrogen and oxygen atoms in total. The molecule has 88 valence electrons. The van der Waals surface area contributed by atoms with Crippen molar-refractivity contribution in [3.05, 3.63) is 35.9 Å². The van der Waals surface area contributed by atoms with E-state index < -0.39 is 8.07 Å². The van der Waals surface area contributed by atoms with Crippen molar-refractivity contribution >= 4 is 13.3 Å². The molecule has 2 heteroatoms. The van der Waals surface area contributed by atoms with Gasteiger partial charge in [0.15, 0.2) is 0 Å². The Morgan fingerprint density at radius 1 is 1.25 bits per heavy atom. The molecule has 0 unspecified atom stereocenters. The van der Waals surface area contributed by atoms with Crippen LogP contribution in [0.1, 0.15) is 12.5 Å². The van der Waals surface area contributed by atoms with Crippen LogP contribution in [-0.4, -0.2) is 14.7 Å². The molecule has 1 aromatic rings. The third kappa shape index (κ3) is 3.24. The quantitative estimate of drug-likeness (QED) is 0.572. The molecule has 0 N–H and O–H groups in total. The normalized spacial score (nSPS) is 12.1. The maximum absolute atomic E-state index is 5.75. The first-order valence-corrected chi connectivity index (χ1v) is 9.31. The molecular formula is C14H22OSi. The van der Waals surface area contributed by atoms with Crippen molar-refractivity contribution in [2.24, 2.45) is 0 Å². The zero-order valence-corrected chi connectivity index (χ0v) is 12.0. The van der Waals surface area contributed by atoms with Crippen LogP contribution in [0, 0.1) is 6.92 Å². The monoisotopic (exact) mass is 234 g/mol. The lowest BCUT2D eigenvalue weighted by atomic mass is 10.2. The maximum atomic E-state index is 5.75. The van der Waals surface area contributed by atoms with Crippen LogP contribution in [0.3, 0.4) is 0 Å². The molecule has 1 aromatic carbocycles. The molecule has 0 aliphatic heterocycles. The Hall–Kier alpha value is -1.02. The fourth-order valence-electron chi connectivity index (χ4n) is 1.82. The molecule has 0 aliphatic carbocycles. The topological polar surface area (TPSA) is 9.23 Å². The summed E-state index contributed by atoms with van der Waals surface area (Å²) < 4.78 is 5.75. The first kappa shape index (κ1) is 13.0. The van der Waals surface area contributed by atoms with Crippen LogP contribution in [0.15, 0.2) is 30.4 Å². The van der Waals surface area contributed by atoms with E-state index in [9.17, 15) is 0 Å². The highest BCUT2D eigenvalue weighted by Gasteiger charge is 2.19. The molecule has 0 fully saturated rings. The minimum atomic E-state index is -1.25. The molecule has 1 rings (SSSR count). The fraction of sp³-hybridized carbons (Fsp3) is 0.429. The van der Waals surface area contributed by atoms with E-state index in [2.05, 4.69) is 44.8 Å². The highest BCUT2D eigenvalue weighted by atomic mass is 28.3. The van der Waals surface area contributed by atoms with Gasteiger partial charge in [0.1, 0.15) is 12.4 Å². The van der Waals surface area contributed by atoms with Crippen molar-refractivity contribution in [2.75, 3.05) is 6.61 Å². The summed E-state index contributed by atoms with van der Waals surface area (Å²) in [7, 11) is -1.25. The molecule has 0 radical (unpaired) electrons. The molecule has 0 saturated heterocycles. The van der Waals surface area contributed by atoms with Gasteiger partial charge in [-0.25, -0.2) is 0 Å². The van der Waals surface area contributed by atoms with Gasteiger partial charge < -0.3 is 4.74 Å². The first-order chi connectivity index (χ1) is 7.46. The van der Waals surface area contributed by atoms with Gasteiger partial charge in [-0.05, 0) is 25.5 Å². The van der Waals surface area contributed by atoms with Gasteiger partial charge in [-0.1, -0.05) is 49.1 Å². The molecule has 0 aromatic heterocycles. The number of hydrogen-bond acceptors (Lipinski definition) is 1. The van der Waals surface area contributed by atoms with Gasteiger partial charge in [0, 0.05) is 0 Å². The standard InChI is InChI=1S/C14H22OSi/c1-6-7-11-15-13-9-8-10-14(12(13)2)16(3,4)5/h6-10H,11H2,1-5H3. The smallest absolute Gasteiger partial charge is 0.122 e. The Labute approximate surface area is 100 Å². The SMILES string of the molecule is CC=CCOc1cccc([Si](C)(C)C)c1C. The van der Waals surface area contributed by atoms with Crippen LogP contribution >= 0.6 is 0 Å². The minimum Gasteiger partial charge on any atom is -0.489 e. The molecule has 0 aliphatic rings. The van der Waals surface area contributed by atoms with Gasteiger partial charge in [-0.2, -0.15) is 0 Å². The molecule has 0 spiro atoms. The number of ether oxygens (including phenoxy) is 1. The Kier molecular flexibility index (Phi) is 4.36. The van der Waals surface area contributed by atoms with Gasteiger partial charge >= 0.3 is 0 Å². The van der Waals surface area contributed by atoms with E-state index in [1.165, 1.54) is 10.8 Å². The zero-order valence-electron chi connectivity index (χ0n) is 11.0. The number of hydrogen-bond donors (Lipinski definition) is 0. The number of allylic oxidation sites excluding steroid dienone is 1. The first-order valence-electron chi connectivity index (χ1n) is 5.81. The molecule has 0 atom stereocenters. The van der Waals surface area contributed by atoms with Gasteiger partial charge in [0.2, 0.25) is 0 Å². The molecular weight excluding hydrogens is 212 g/mol. The number of benzene rings is 1. The average Bonchev–Trinajstić information content (AvgIpc) is 2.19. The van der Waals surface area contributed by atoms with E-state index in [1.54, 1.807) is 0 Å². The van der Waals surface area contributed by atoms with Crippen molar-refractivity contribution in [1.82, 2.24) is 0 Å². The van der Waals surface area contributed by atoms with Crippen molar-refractivity contribution in [2.45, 2.75) is 33.5 Å². The summed E-state index contributed by atoms with van der Waals surface area (Å²) in [6.07, 6.45) is 4.04. The lowest BCUT2D eigenvalue weighted by Crippen LogP contribution is -2.39. The van der Waals surface area contributed by atoms with E-state index in [0.29, 0.717) is 6.61 Å². The van der Waals surface area contributed by atoms with E-state index in [0.717, 1.165) is 5.75 Å². The van der Waals surface area contributed by atoms with Gasteiger partial charge in [-0.3, -0.25) is 0 Å². The van der Waals surface area contributed by atoms with Crippen molar-refractivity contribution in [3.8, 4) is 5.75 Å². The Bertz CT molecular complexity index is 375. The van der Waals surface area contributed by atoms with E-state index in [4.69, 9.17) is 4.74 Å². The summed E-state index contributed by atoms with van der Waals surface area (Å²) in [6.45, 7) is 11.9. The van der Waals surface area contributed by atoms with E-state index in [-0.39, 0.29) is 0 Å². The summed E-state index contributed by atoms with van der Waals surface area (Å²) >= 11 is 0. The molecule has 0 heterocycles. The maximum Gasteiger partial charge on any atom is 0.122 e. The summed E-state index contributed by atoms with van der Waals surface area (Å²) in [5, 5.41) is 1.49. The Morgan fingerprint density at radius 2 is 1.94 bits per heavy atom. The third-order valence-corrected chi connectivity index (χ3v) is 4.82. The van der Waals surface area contributed by atoms with Gasteiger partial charge in [0.05, 0.1) is 8.07 Å². The second-order valence-corrected chi connectivity index (χ2v) is 10.1. The summed E-state index contributed by atoms with van der Waals surface area (Å²) in [6, 6.07) is 6.40. The van der Waals surface area contributed by atoms with Gasteiger partial charge in [0.25, 0.3) is 0 Å². The summed E-state index contributed by atoms with van der Waals surface area (Å²) in [5.41, 5.74) is 1.31. The lowest BCUT2D eigenvalue weighted by molar-refractivity contribution is 0.360. The Balaban J connectivity index is 2.95. The minimum absolute atomic E-state index is 0.659. The largest absolute Gasteiger partial charge is 0.489 e. The third-order valence-electron chi connectivity index (χ3n) is 2.66. The highest BCUT2D eigenvalue weighted by Crippen LogP contribution is 2.18. The van der Waals surface area contributed by atoms with Gasteiger partial charge in [-0.15, -0.1) is 0 Å². The second kappa shape index (κ2) is 5.35. The van der Waals surface area contributed by atoms with Crippen LogP contribution in [-0.2, 0) is 0 Å². The lowest BCUT2D eigenvalue weighted by Gasteiger charge is -2.21. The fourth-order valence-corrected chi connectivity index (χ4v) is 3.66. The average molecular weight is 234 g/mol. The zero-order chi connectivity index (χ0) is 12.2. The van der Waals surface area contributed by atoms with Crippen LogP contribution in [0.2, 0.25) is 19.6 Å². The number of rotatable bonds is 4. The molecule has 0 amide bonds. The van der Waals surface area contributed by atoms with Crippen molar-refractivity contribution in [1.29, 1.82) is 0 Å². The molecule has 0 bridgehead atoms. The predicted octanol–water partition coefficient (Wildman–Crippen LogP) is 3.50. The molecule has 16 heavy (non-hydrogen) atoms. The summed E-state index contributed by atoms with van der Waals surface area (Å²) in [4.78, 5) is 0. The van der Waals surface area contributed by atoms with Crippen molar-refractivity contribution in [3.63, 3.8) is 0 Å². The molecule has 0 saturated carbocycles. The van der Waals surface area contributed by atoms with E-state index in [1.807, 2.05) is 19.1 Å². The van der Waals surface area contributed by atoms with E-state index >= 15 is 0 Å². The Morgan fingerprint density at radius 3 is 2.50 bits per heavy atom. The van der Waals surface area contributed by atoms with Crippen LogP contribution in [0.4, 0.5) is 0 Å². The predicted molar refractivity (Wildman–Crippen MR) is 74.5 cm³/mol. The second-order valence-electron chi connectivity index (χ2n) is 5.06. The highest BCUT2D eigenvalue weighted by molar-refractivity contribution is 6.89. The van der Waals surface area contributed by atoms with Crippen LogP contribution in [0.25, 0.3) is 0 Å². The summed E-state index contributed by atoms with van der Waals surface area (Å²) in [5.74, 6) is 1.03. The van der Waals surface area contributed by atoms with Crippen molar-refractivity contribution < 1.29 is 4.74 Å². The van der Waals surface area contributed by atoms with Crippen LogP contribution < -0.4 is 9.92 Å². The van der Waals surface area contributed by atoms with Crippen LogP contribution in [0.5, 0.6) is 5.75 Å².